The van der Waals surface area contributed by atoms with Crippen LogP contribution in [0.4, 0.5) is 0 Å². The predicted octanol–water partition coefficient (Wildman–Crippen LogP) is 2.52. The lowest BCUT2D eigenvalue weighted by molar-refractivity contribution is -0.122. The number of hydrogen-bond acceptors (Lipinski definition) is 3. The molecule has 1 heterocycles. The summed E-state index contributed by atoms with van der Waals surface area (Å²) in [7, 11) is 2.09. The first kappa shape index (κ1) is 15.5. The second-order valence-electron chi connectivity index (χ2n) is 7.33. The Kier molecular flexibility index (Phi) is 4.37. The van der Waals surface area contributed by atoms with Gasteiger partial charge in [-0.15, -0.1) is 0 Å². The van der Waals surface area contributed by atoms with E-state index < -0.39 is 0 Å². The van der Waals surface area contributed by atoms with Gasteiger partial charge in [-0.05, 0) is 60.9 Å². The minimum Gasteiger partial charge on any atom is -0.355 e. The number of rotatable bonds is 5. The van der Waals surface area contributed by atoms with E-state index in [0.29, 0.717) is 24.4 Å². The molecule has 1 aromatic carbocycles. The van der Waals surface area contributed by atoms with Gasteiger partial charge in [0.15, 0.2) is 0 Å². The fourth-order valence-corrected chi connectivity index (χ4v) is 5.80. The lowest BCUT2D eigenvalue weighted by atomic mass is 9.92. The molecule has 1 N–H and O–H groups in total. The Hall–Kier alpha value is -1.00. The van der Waals surface area contributed by atoms with Gasteiger partial charge in [0.2, 0.25) is 5.91 Å². The van der Waals surface area contributed by atoms with Crippen LogP contribution in [0.1, 0.15) is 29.9 Å². The van der Waals surface area contributed by atoms with Crippen LogP contribution in [0, 0.1) is 11.8 Å². The number of fused-ring (bicyclic) bond motifs is 3. The molecule has 1 aromatic rings. The van der Waals surface area contributed by atoms with Gasteiger partial charge in [0.05, 0.1) is 6.54 Å². The van der Waals surface area contributed by atoms with E-state index in [0.717, 1.165) is 12.5 Å². The number of likely N-dealkylation sites (N-methyl/N-ethyl adjacent to an activating group) is 1. The molecule has 3 aliphatic rings. The van der Waals surface area contributed by atoms with Crippen LogP contribution in [0.5, 0.6) is 0 Å². The second kappa shape index (κ2) is 6.48. The Labute approximate surface area is 143 Å². The summed E-state index contributed by atoms with van der Waals surface area (Å²) in [6.07, 6.45) is 3.73. The third kappa shape index (κ3) is 3.16. The molecule has 124 valence electrons. The summed E-state index contributed by atoms with van der Waals surface area (Å²) in [6.45, 7) is 1.40. The topological polar surface area (TPSA) is 32.3 Å². The fraction of sp³-hybridized carbons (Fsp3) is 0.632. The molecule has 4 atom stereocenters. The molecule has 0 bridgehead atoms. The Morgan fingerprint density at radius 2 is 2.22 bits per heavy atom. The maximum absolute atomic E-state index is 12.2. The van der Waals surface area contributed by atoms with E-state index in [1.165, 1.54) is 36.3 Å². The van der Waals surface area contributed by atoms with Crippen molar-refractivity contribution in [1.82, 2.24) is 10.2 Å². The number of benzene rings is 1. The molecular weight excluding hydrogens is 304 g/mol. The number of hydrogen-bond donors (Lipinski definition) is 1. The minimum absolute atomic E-state index is 0.196. The van der Waals surface area contributed by atoms with E-state index in [9.17, 15) is 4.79 Å². The lowest BCUT2D eigenvalue weighted by Crippen LogP contribution is -2.41. The highest BCUT2D eigenvalue weighted by molar-refractivity contribution is 7.99. The van der Waals surface area contributed by atoms with Crippen LogP contribution in [0.15, 0.2) is 24.3 Å². The molecular formula is C19H26N2OS. The standard InChI is InChI=1S/C19H26N2OS/c1-21(14-8-9-23-12-14)11-18(22)20-10-17-16-7-6-13-4-2-3-5-15(13)19(16)17/h2-5,14,16-17,19H,6-12H2,1H3,(H,20,22). The number of thioether (sulfide) groups is 1. The molecule has 1 aliphatic heterocycles. The third-order valence-electron chi connectivity index (χ3n) is 5.95. The first-order valence-corrected chi connectivity index (χ1v) is 10.0. The molecule has 1 amide bonds. The Balaban J connectivity index is 1.27. The van der Waals surface area contributed by atoms with E-state index in [4.69, 9.17) is 0 Å². The van der Waals surface area contributed by atoms with Gasteiger partial charge in [0.1, 0.15) is 0 Å². The number of nitrogens with zero attached hydrogens (tertiary/aromatic N) is 1. The predicted molar refractivity (Wildman–Crippen MR) is 95.9 cm³/mol. The van der Waals surface area contributed by atoms with Crippen LogP contribution in [-0.4, -0.2) is 48.5 Å². The van der Waals surface area contributed by atoms with E-state index in [1.807, 2.05) is 11.8 Å². The van der Waals surface area contributed by atoms with Crippen molar-refractivity contribution in [3.63, 3.8) is 0 Å². The Bertz CT molecular complexity index is 584. The van der Waals surface area contributed by atoms with Gasteiger partial charge in [0, 0.05) is 18.3 Å². The van der Waals surface area contributed by atoms with Crippen LogP contribution in [0.3, 0.4) is 0 Å². The summed E-state index contributed by atoms with van der Waals surface area (Å²) in [5, 5.41) is 3.20. The molecule has 3 nitrogen and oxygen atoms in total. The van der Waals surface area contributed by atoms with Gasteiger partial charge in [-0.25, -0.2) is 0 Å². The largest absolute Gasteiger partial charge is 0.355 e. The van der Waals surface area contributed by atoms with Gasteiger partial charge >= 0.3 is 0 Å². The van der Waals surface area contributed by atoms with Crippen molar-refractivity contribution in [3.05, 3.63) is 35.4 Å². The summed E-state index contributed by atoms with van der Waals surface area (Å²) in [4.78, 5) is 14.5. The van der Waals surface area contributed by atoms with E-state index >= 15 is 0 Å². The summed E-state index contributed by atoms with van der Waals surface area (Å²) < 4.78 is 0. The van der Waals surface area contributed by atoms with Crippen LogP contribution in [0.2, 0.25) is 0 Å². The summed E-state index contributed by atoms with van der Waals surface area (Å²) >= 11 is 2.00. The molecule has 0 radical (unpaired) electrons. The van der Waals surface area contributed by atoms with Gasteiger partial charge in [-0.3, -0.25) is 9.69 Å². The number of nitrogens with one attached hydrogen (secondary N) is 1. The van der Waals surface area contributed by atoms with Crippen LogP contribution in [-0.2, 0) is 11.2 Å². The first-order valence-electron chi connectivity index (χ1n) is 8.86. The average molecular weight is 330 g/mol. The number of amides is 1. The normalized spacial score (nSPS) is 31.6. The molecule has 0 spiro atoms. The SMILES string of the molecule is CN(CC(=O)NCC1C2CCc3ccccc3C21)C1CCSC1. The number of aryl methyl sites for hydroxylation is 1. The summed E-state index contributed by atoms with van der Waals surface area (Å²) in [6, 6.07) is 9.45. The Morgan fingerprint density at radius 1 is 1.35 bits per heavy atom. The molecule has 4 heteroatoms. The maximum atomic E-state index is 12.2. The molecule has 1 saturated heterocycles. The van der Waals surface area contributed by atoms with Crippen molar-refractivity contribution < 1.29 is 4.79 Å². The second-order valence-corrected chi connectivity index (χ2v) is 8.48. The smallest absolute Gasteiger partial charge is 0.234 e. The zero-order valence-corrected chi connectivity index (χ0v) is 14.6. The number of carbonyl (C=O) groups excluding carboxylic acids is 1. The highest BCUT2D eigenvalue weighted by Gasteiger charge is 2.52. The van der Waals surface area contributed by atoms with Gasteiger partial charge in [-0.1, -0.05) is 24.3 Å². The van der Waals surface area contributed by atoms with Gasteiger partial charge in [-0.2, -0.15) is 11.8 Å². The minimum atomic E-state index is 0.196. The summed E-state index contributed by atoms with van der Waals surface area (Å²) in [5.41, 5.74) is 3.07. The van der Waals surface area contributed by atoms with E-state index in [1.54, 1.807) is 5.56 Å². The maximum Gasteiger partial charge on any atom is 0.234 e. The molecule has 2 fully saturated rings. The lowest BCUT2D eigenvalue weighted by Gasteiger charge is -2.22. The molecule has 1 saturated carbocycles. The van der Waals surface area contributed by atoms with Crippen molar-refractivity contribution in [3.8, 4) is 0 Å². The van der Waals surface area contributed by atoms with E-state index in [2.05, 4.69) is 41.5 Å². The summed E-state index contributed by atoms with van der Waals surface area (Å²) in [5.74, 6) is 4.77. The Morgan fingerprint density at radius 3 is 3.04 bits per heavy atom. The quantitative estimate of drug-likeness (QED) is 0.900. The van der Waals surface area contributed by atoms with Crippen molar-refractivity contribution in [2.24, 2.45) is 11.8 Å². The molecule has 4 rings (SSSR count). The van der Waals surface area contributed by atoms with Gasteiger partial charge in [0.25, 0.3) is 0 Å². The van der Waals surface area contributed by atoms with Crippen molar-refractivity contribution in [2.75, 3.05) is 31.6 Å². The first-order chi connectivity index (χ1) is 11.2. The average Bonchev–Trinajstić information content (AvgIpc) is 3.00. The van der Waals surface area contributed by atoms with Gasteiger partial charge < -0.3 is 5.32 Å². The highest BCUT2D eigenvalue weighted by atomic mass is 32.2. The fourth-order valence-electron chi connectivity index (χ4n) is 4.50. The van der Waals surface area contributed by atoms with E-state index in [-0.39, 0.29) is 5.91 Å². The third-order valence-corrected chi connectivity index (χ3v) is 7.09. The van der Waals surface area contributed by atoms with Crippen LogP contribution in [0.25, 0.3) is 0 Å². The molecule has 23 heavy (non-hydrogen) atoms. The number of carbonyl (C=O) groups is 1. The van der Waals surface area contributed by atoms with Crippen molar-refractivity contribution in [1.29, 1.82) is 0 Å². The van der Waals surface area contributed by atoms with Crippen molar-refractivity contribution in [2.45, 2.75) is 31.2 Å². The molecule has 4 unspecified atom stereocenters. The zero-order chi connectivity index (χ0) is 15.8. The zero-order valence-electron chi connectivity index (χ0n) is 13.8. The van der Waals surface area contributed by atoms with Crippen LogP contribution < -0.4 is 5.32 Å². The highest BCUT2D eigenvalue weighted by Crippen LogP contribution is 2.59. The monoisotopic (exact) mass is 330 g/mol. The molecule has 2 aliphatic carbocycles. The van der Waals surface area contributed by atoms with Crippen LogP contribution >= 0.6 is 11.8 Å². The van der Waals surface area contributed by atoms with Crippen molar-refractivity contribution >= 4 is 17.7 Å². The molecule has 0 aromatic heterocycles.